The predicted octanol–water partition coefficient (Wildman–Crippen LogP) is 3.15. The van der Waals surface area contributed by atoms with Crippen molar-refractivity contribution in [1.82, 2.24) is 14.5 Å². The van der Waals surface area contributed by atoms with Crippen LogP contribution in [0.25, 0.3) is 5.69 Å². The Labute approximate surface area is 109 Å². The second-order valence-electron chi connectivity index (χ2n) is 3.94. The first kappa shape index (κ1) is 11.4. The molecule has 1 N–H and O–H groups in total. The Bertz CT molecular complexity index is 679. The molecule has 0 spiro atoms. The summed E-state index contributed by atoms with van der Waals surface area (Å²) in [5, 5.41) is 3.14. The van der Waals surface area contributed by atoms with Crippen LogP contribution in [0.15, 0.2) is 61.2 Å². The van der Waals surface area contributed by atoms with Gasteiger partial charge in [0.05, 0.1) is 11.9 Å². The summed E-state index contributed by atoms with van der Waals surface area (Å²) in [5.74, 6) is 0.160. The smallest absolute Gasteiger partial charge is 0.212 e. The zero-order chi connectivity index (χ0) is 13.1. The Hall–Kier alpha value is -2.69. The van der Waals surface area contributed by atoms with E-state index in [-0.39, 0.29) is 0 Å². The molecule has 3 rings (SSSR count). The number of anilines is 2. The van der Waals surface area contributed by atoms with Gasteiger partial charge in [0.25, 0.3) is 0 Å². The van der Waals surface area contributed by atoms with E-state index in [0.717, 1.165) is 5.69 Å². The Morgan fingerprint density at radius 3 is 2.68 bits per heavy atom. The summed E-state index contributed by atoms with van der Waals surface area (Å²) in [6.45, 7) is 0. The molecule has 0 amide bonds. The van der Waals surface area contributed by atoms with Crippen molar-refractivity contribution in [1.29, 1.82) is 0 Å². The molecule has 2 heterocycles. The number of aromatic nitrogens is 3. The van der Waals surface area contributed by atoms with E-state index in [1.54, 1.807) is 29.2 Å². The average Bonchev–Trinajstić information content (AvgIpc) is 2.88. The molecule has 0 atom stereocenters. The fourth-order valence-electron chi connectivity index (χ4n) is 1.80. The second kappa shape index (κ2) is 4.89. The maximum atomic E-state index is 13.7. The number of nitrogens with one attached hydrogen (secondary N) is 1. The zero-order valence-electron chi connectivity index (χ0n) is 9.99. The molecule has 0 fully saturated rings. The molecular weight excluding hydrogens is 243 g/mol. The van der Waals surface area contributed by atoms with Gasteiger partial charge in [-0.1, -0.05) is 18.2 Å². The van der Waals surface area contributed by atoms with Crippen LogP contribution in [0.5, 0.6) is 0 Å². The highest BCUT2D eigenvalue weighted by atomic mass is 19.1. The van der Waals surface area contributed by atoms with Crippen LogP contribution in [0, 0.1) is 5.82 Å². The van der Waals surface area contributed by atoms with E-state index >= 15 is 0 Å². The Balaban J connectivity index is 1.98. The molecule has 0 aliphatic carbocycles. The van der Waals surface area contributed by atoms with E-state index in [4.69, 9.17) is 0 Å². The van der Waals surface area contributed by atoms with Crippen molar-refractivity contribution >= 4 is 11.6 Å². The van der Waals surface area contributed by atoms with E-state index in [1.165, 1.54) is 6.20 Å². The Morgan fingerprint density at radius 1 is 1.05 bits per heavy atom. The van der Waals surface area contributed by atoms with Crippen LogP contribution >= 0.6 is 0 Å². The van der Waals surface area contributed by atoms with Gasteiger partial charge in [-0.15, -0.1) is 0 Å². The van der Waals surface area contributed by atoms with Crippen LogP contribution in [0.2, 0.25) is 0 Å². The van der Waals surface area contributed by atoms with E-state index < -0.39 is 5.82 Å². The fraction of sp³-hybridized carbons (Fsp3) is 0. The molecule has 0 aliphatic heterocycles. The maximum Gasteiger partial charge on any atom is 0.212 e. The third-order valence-corrected chi connectivity index (χ3v) is 2.68. The van der Waals surface area contributed by atoms with Gasteiger partial charge in [0.15, 0.2) is 5.82 Å². The lowest BCUT2D eigenvalue weighted by molar-refractivity contribution is 0.612. The molecule has 19 heavy (non-hydrogen) atoms. The molecule has 0 unspecified atom stereocenters. The van der Waals surface area contributed by atoms with Crippen molar-refractivity contribution < 1.29 is 4.39 Å². The van der Waals surface area contributed by atoms with E-state index in [0.29, 0.717) is 11.6 Å². The lowest BCUT2D eigenvalue weighted by Gasteiger charge is -2.10. The Morgan fingerprint density at radius 2 is 1.89 bits per heavy atom. The molecule has 5 heteroatoms. The molecule has 0 radical (unpaired) electrons. The van der Waals surface area contributed by atoms with E-state index in [1.807, 2.05) is 30.3 Å². The van der Waals surface area contributed by atoms with Gasteiger partial charge in [0.1, 0.15) is 0 Å². The first-order chi connectivity index (χ1) is 9.34. The minimum absolute atomic E-state index is 0.392. The lowest BCUT2D eigenvalue weighted by atomic mass is 10.3. The molecule has 2 aromatic heterocycles. The molecule has 4 nitrogen and oxygen atoms in total. The van der Waals surface area contributed by atoms with Crippen LogP contribution in [0.1, 0.15) is 0 Å². The standard InChI is InChI=1S/C14H11FN4/c15-12-10-16-7-6-13(12)19-9-8-17-14(19)18-11-4-2-1-3-5-11/h1-10H,(H,17,18). The number of halogens is 1. The number of rotatable bonds is 3. The minimum Gasteiger partial charge on any atom is -0.325 e. The van der Waals surface area contributed by atoms with Crippen LogP contribution in [-0.2, 0) is 0 Å². The second-order valence-corrected chi connectivity index (χ2v) is 3.94. The number of para-hydroxylation sites is 1. The third-order valence-electron chi connectivity index (χ3n) is 2.68. The topological polar surface area (TPSA) is 42.7 Å². The molecule has 0 bridgehead atoms. The summed E-state index contributed by atoms with van der Waals surface area (Å²) >= 11 is 0. The monoisotopic (exact) mass is 254 g/mol. The first-order valence-electron chi connectivity index (χ1n) is 5.80. The summed E-state index contributed by atoms with van der Waals surface area (Å²) < 4.78 is 15.4. The van der Waals surface area contributed by atoms with Crippen molar-refractivity contribution in [2.24, 2.45) is 0 Å². The molecule has 0 aliphatic rings. The van der Waals surface area contributed by atoms with Gasteiger partial charge in [-0.05, 0) is 18.2 Å². The normalized spacial score (nSPS) is 10.4. The summed E-state index contributed by atoms with van der Waals surface area (Å²) in [4.78, 5) is 7.93. The van der Waals surface area contributed by atoms with Gasteiger partial charge in [0.2, 0.25) is 5.95 Å². The molecule has 0 saturated heterocycles. The lowest BCUT2D eigenvalue weighted by Crippen LogP contribution is -2.03. The number of nitrogens with zero attached hydrogens (tertiary/aromatic N) is 3. The number of hydrogen-bond donors (Lipinski definition) is 1. The molecule has 0 saturated carbocycles. The zero-order valence-corrected chi connectivity index (χ0v) is 9.99. The van der Waals surface area contributed by atoms with Gasteiger partial charge in [0, 0.05) is 24.3 Å². The van der Waals surface area contributed by atoms with Gasteiger partial charge < -0.3 is 5.32 Å². The largest absolute Gasteiger partial charge is 0.325 e. The summed E-state index contributed by atoms with van der Waals surface area (Å²) in [6, 6.07) is 11.2. The average molecular weight is 254 g/mol. The number of hydrogen-bond acceptors (Lipinski definition) is 3. The fourth-order valence-corrected chi connectivity index (χ4v) is 1.80. The SMILES string of the molecule is Fc1cnccc1-n1ccnc1Nc1ccccc1. The predicted molar refractivity (Wildman–Crippen MR) is 71.0 cm³/mol. The molecule has 3 aromatic rings. The highest BCUT2D eigenvalue weighted by Gasteiger charge is 2.09. The van der Waals surface area contributed by atoms with E-state index in [2.05, 4.69) is 15.3 Å². The van der Waals surface area contributed by atoms with Crippen LogP contribution in [0.3, 0.4) is 0 Å². The van der Waals surface area contributed by atoms with Crippen molar-refractivity contribution in [3.05, 3.63) is 67.0 Å². The van der Waals surface area contributed by atoms with Crippen molar-refractivity contribution in [2.45, 2.75) is 0 Å². The van der Waals surface area contributed by atoms with Crippen LogP contribution in [0.4, 0.5) is 16.0 Å². The van der Waals surface area contributed by atoms with Crippen LogP contribution < -0.4 is 5.32 Å². The van der Waals surface area contributed by atoms with Crippen molar-refractivity contribution in [2.75, 3.05) is 5.32 Å². The third kappa shape index (κ3) is 2.30. The minimum atomic E-state index is -0.392. The van der Waals surface area contributed by atoms with Gasteiger partial charge >= 0.3 is 0 Å². The van der Waals surface area contributed by atoms with Crippen molar-refractivity contribution in [3.63, 3.8) is 0 Å². The summed E-state index contributed by atoms with van der Waals surface area (Å²) in [7, 11) is 0. The van der Waals surface area contributed by atoms with Gasteiger partial charge in [-0.3, -0.25) is 9.55 Å². The van der Waals surface area contributed by atoms with Gasteiger partial charge in [-0.25, -0.2) is 9.37 Å². The number of imidazole rings is 1. The molecular formula is C14H11FN4. The van der Waals surface area contributed by atoms with Crippen molar-refractivity contribution in [3.8, 4) is 5.69 Å². The maximum absolute atomic E-state index is 13.7. The van der Waals surface area contributed by atoms with E-state index in [9.17, 15) is 4.39 Å². The quantitative estimate of drug-likeness (QED) is 0.780. The molecule has 94 valence electrons. The summed E-state index contributed by atoms with van der Waals surface area (Å²) in [6.07, 6.45) is 6.04. The van der Waals surface area contributed by atoms with Crippen LogP contribution in [-0.4, -0.2) is 14.5 Å². The van der Waals surface area contributed by atoms with Gasteiger partial charge in [-0.2, -0.15) is 0 Å². The Kier molecular flexibility index (Phi) is 2.94. The summed E-state index contributed by atoms with van der Waals surface area (Å²) in [5.41, 5.74) is 1.30. The molecule has 1 aromatic carbocycles. The highest BCUT2D eigenvalue weighted by molar-refractivity contribution is 5.55. The first-order valence-corrected chi connectivity index (χ1v) is 5.80. The number of benzene rings is 1. The number of pyridine rings is 1. The highest BCUT2D eigenvalue weighted by Crippen LogP contribution is 2.20.